The number of methoxy groups -OCH3 is 1. The molecule has 1 aromatic carbocycles. The molecule has 0 saturated heterocycles. The van der Waals surface area contributed by atoms with Crippen LogP contribution in [0.4, 0.5) is 0 Å². The van der Waals surface area contributed by atoms with E-state index in [1.807, 2.05) is 27.7 Å². The van der Waals surface area contributed by atoms with Gasteiger partial charge in [0.25, 0.3) is 0 Å². The summed E-state index contributed by atoms with van der Waals surface area (Å²) in [5.41, 5.74) is 0.311. The molecule has 4 nitrogen and oxygen atoms in total. The van der Waals surface area contributed by atoms with E-state index in [4.69, 9.17) is 9.47 Å². The van der Waals surface area contributed by atoms with Gasteiger partial charge in [-0.25, -0.2) is 0 Å². The van der Waals surface area contributed by atoms with E-state index in [-0.39, 0.29) is 0 Å². The molecule has 1 aromatic rings. The van der Waals surface area contributed by atoms with Gasteiger partial charge in [0, 0.05) is 0 Å². The van der Waals surface area contributed by atoms with Crippen LogP contribution in [0.3, 0.4) is 0 Å². The van der Waals surface area contributed by atoms with Crippen molar-refractivity contribution in [1.29, 1.82) is 5.26 Å². The third-order valence-corrected chi connectivity index (χ3v) is 3.83. The van der Waals surface area contributed by atoms with Crippen molar-refractivity contribution in [2.75, 3.05) is 13.7 Å². The van der Waals surface area contributed by atoms with Gasteiger partial charge in [-0.05, 0) is 46.0 Å². The third-order valence-electron chi connectivity index (χ3n) is 3.24. The van der Waals surface area contributed by atoms with Gasteiger partial charge in [0.05, 0.1) is 36.3 Å². The fourth-order valence-corrected chi connectivity index (χ4v) is 2.61. The topological polar surface area (TPSA) is 62.5 Å². The lowest BCUT2D eigenvalue weighted by Crippen LogP contribution is -2.31. The smallest absolute Gasteiger partial charge is 0.175 e. The molecule has 2 atom stereocenters. The average Bonchev–Trinajstić information content (AvgIpc) is 2.41. The molecule has 21 heavy (non-hydrogen) atoms. The van der Waals surface area contributed by atoms with Crippen LogP contribution in [0.5, 0.6) is 11.5 Å². The van der Waals surface area contributed by atoms with Gasteiger partial charge < -0.3 is 14.6 Å². The molecular formula is C16H22BrNO3. The van der Waals surface area contributed by atoms with Crippen LogP contribution >= 0.6 is 15.9 Å². The van der Waals surface area contributed by atoms with Gasteiger partial charge in [-0.3, -0.25) is 0 Å². The van der Waals surface area contributed by atoms with Crippen LogP contribution in [0.25, 0.3) is 0 Å². The molecule has 0 spiro atoms. The number of aliphatic hydroxyl groups is 1. The van der Waals surface area contributed by atoms with Crippen LogP contribution in [0.2, 0.25) is 0 Å². The number of nitrogens with zero attached hydrogens (tertiary/aromatic N) is 1. The fraction of sp³-hybridized carbons (Fsp3) is 0.562. The lowest BCUT2D eigenvalue weighted by Gasteiger charge is -2.30. The first-order valence-corrected chi connectivity index (χ1v) is 7.63. The summed E-state index contributed by atoms with van der Waals surface area (Å²) in [6.45, 7) is 8.12. The van der Waals surface area contributed by atoms with Crippen molar-refractivity contribution in [2.24, 2.45) is 5.41 Å². The molecular weight excluding hydrogens is 334 g/mol. The van der Waals surface area contributed by atoms with E-state index in [1.165, 1.54) is 0 Å². The number of ether oxygens (including phenoxy) is 2. The first-order chi connectivity index (χ1) is 9.76. The average molecular weight is 356 g/mol. The second-order valence-electron chi connectivity index (χ2n) is 5.88. The van der Waals surface area contributed by atoms with Crippen molar-refractivity contribution in [3.8, 4) is 17.6 Å². The zero-order valence-corrected chi connectivity index (χ0v) is 14.7. The minimum Gasteiger partial charge on any atom is -0.493 e. The van der Waals surface area contributed by atoms with Crippen LogP contribution in [0, 0.1) is 16.7 Å². The zero-order chi connectivity index (χ0) is 16.2. The second kappa shape index (κ2) is 7.15. The first kappa shape index (κ1) is 17.8. The van der Waals surface area contributed by atoms with E-state index in [2.05, 4.69) is 22.0 Å². The molecule has 0 aliphatic heterocycles. The molecule has 5 heteroatoms. The van der Waals surface area contributed by atoms with Crippen LogP contribution < -0.4 is 9.47 Å². The molecule has 116 valence electrons. The fourth-order valence-electron chi connectivity index (χ4n) is 2.03. The Morgan fingerprint density at radius 2 is 2.00 bits per heavy atom. The molecule has 0 aliphatic carbocycles. The quantitative estimate of drug-likeness (QED) is 0.870. The summed E-state index contributed by atoms with van der Waals surface area (Å²) >= 11 is 3.44. The lowest BCUT2D eigenvalue weighted by atomic mass is 9.79. The van der Waals surface area contributed by atoms with Gasteiger partial charge in [-0.15, -0.1) is 0 Å². The first-order valence-electron chi connectivity index (χ1n) is 6.84. The minimum atomic E-state index is -0.781. The molecule has 0 fully saturated rings. The second-order valence-corrected chi connectivity index (χ2v) is 6.74. The van der Waals surface area contributed by atoms with E-state index in [1.54, 1.807) is 19.2 Å². The number of hydrogen-bond donors (Lipinski definition) is 1. The molecule has 2 unspecified atom stereocenters. The summed E-state index contributed by atoms with van der Waals surface area (Å²) in [6.07, 6.45) is -0.781. The van der Waals surface area contributed by atoms with Gasteiger partial charge in [0.2, 0.25) is 0 Å². The van der Waals surface area contributed by atoms with Crippen LogP contribution in [-0.4, -0.2) is 24.9 Å². The summed E-state index contributed by atoms with van der Waals surface area (Å²) in [4.78, 5) is 0. The van der Waals surface area contributed by atoms with Crippen molar-refractivity contribution in [3.05, 3.63) is 22.2 Å². The molecule has 0 radical (unpaired) electrons. The van der Waals surface area contributed by atoms with E-state index < -0.39 is 17.4 Å². The number of hydrogen-bond acceptors (Lipinski definition) is 4. The monoisotopic (exact) mass is 355 g/mol. The van der Waals surface area contributed by atoms with E-state index in [0.717, 1.165) is 0 Å². The van der Waals surface area contributed by atoms with Crippen LogP contribution in [-0.2, 0) is 0 Å². The minimum absolute atomic E-state index is 0.390. The maximum atomic E-state index is 10.4. The Bertz CT molecular complexity index is 532. The number of benzene rings is 1. The molecule has 0 aliphatic rings. The van der Waals surface area contributed by atoms with Gasteiger partial charge in [0.1, 0.15) is 0 Å². The van der Waals surface area contributed by atoms with Crippen molar-refractivity contribution in [2.45, 2.75) is 39.7 Å². The predicted octanol–water partition coefficient (Wildman–Crippen LogP) is 3.87. The van der Waals surface area contributed by atoms with E-state index in [9.17, 15) is 10.4 Å². The Hall–Kier alpha value is -1.25. The zero-order valence-electron chi connectivity index (χ0n) is 13.1. The standard InChI is InChI=1S/C16H22BrNO3/c1-6-21-14-12(17)7-10(8-13(14)20-5)11(9-18)15(19)16(2,3)4/h7-8,11,15,19H,6H2,1-5H3. The van der Waals surface area contributed by atoms with Crippen molar-refractivity contribution in [1.82, 2.24) is 0 Å². The Morgan fingerprint density at radius 1 is 1.38 bits per heavy atom. The highest BCUT2D eigenvalue weighted by Crippen LogP contribution is 2.40. The van der Waals surface area contributed by atoms with Gasteiger partial charge in [-0.2, -0.15) is 5.26 Å². The molecule has 1 N–H and O–H groups in total. The Kier molecular flexibility index (Phi) is 6.06. The lowest BCUT2D eigenvalue weighted by molar-refractivity contribution is 0.0526. The summed E-state index contributed by atoms with van der Waals surface area (Å²) in [5.74, 6) is 0.513. The molecule has 0 bridgehead atoms. The molecule has 0 aromatic heterocycles. The Labute approximate surface area is 134 Å². The van der Waals surface area contributed by atoms with Crippen molar-refractivity contribution < 1.29 is 14.6 Å². The predicted molar refractivity (Wildman–Crippen MR) is 85.7 cm³/mol. The van der Waals surface area contributed by atoms with E-state index in [0.29, 0.717) is 28.1 Å². The Balaban J connectivity index is 3.30. The van der Waals surface area contributed by atoms with Crippen LogP contribution in [0.1, 0.15) is 39.2 Å². The maximum Gasteiger partial charge on any atom is 0.175 e. The number of nitriles is 1. The van der Waals surface area contributed by atoms with Gasteiger partial charge in [0.15, 0.2) is 11.5 Å². The summed E-state index contributed by atoms with van der Waals surface area (Å²) < 4.78 is 11.6. The largest absolute Gasteiger partial charge is 0.493 e. The highest BCUT2D eigenvalue weighted by molar-refractivity contribution is 9.10. The molecule has 0 heterocycles. The molecule has 0 amide bonds. The van der Waals surface area contributed by atoms with Crippen molar-refractivity contribution in [3.63, 3.8) is 0 Å². The van der Waals surface area contributed by atoms with Crippen LogP contribution in [0.15, 0.2) is 16.6 Å². The SMILES string of the molecule is CCOc1c(Br)cc(C(C#N)C(O)C(C)(C)C)cc1OC. The normalized spacial score (nSPS) is 14.2. The summed E-state index contributed by atoms with van der Waals surface area (Å²) in [6, 6.07) is 5.74. The van der Waals surface area contributed by atoms with Gasteiger partial charge >= 0.3 is 0 Å². The number of halogens is 1. The number of aliphatic hydroxyl groups excluding tert-OH is 1. The molecule has 1 rings (SSSR count). The highest BCUT2D eigenvalue weighted by atomic mass is 79.9. The molecule has 0 saturated carbocycles. The maximum absolute atomic E-state index is 10.4. The summed E-state index contributed by atoms with van der Waals surface area (Å²) in [7, 11) is 1.55. The Morgan fingerprint density at radius 3 is 2.43 bits per heavy atom. The third kappa shape index (κ3) is 4.12. The highest BCUT2D eigenvalue weighted by Gasteiger charge is 2.32. The van der Waals surface area contributed by atoms with E-state index >= 15 is 0 Å². The van der Waals surface area contributed by atoms with Crippen molar-refractivity contribution >= 4 is 15.9 Å². The number of rotatable bonds is 5. The van der Waals surface area contributed by atoms with Gasteiger partial charge in [-0.1, -0.05) is 20.8 Å². The summed E-state index contributed by atoms with van der Waals surface area (Å²) in [5, 5.41) is 19.9.